The molecule has 2 heterocycles. The molecule has 0 aliphatic carbocycles. The summed E-state index contributed by atoms with van der Waals surface area (Å²) in [5, 5.41) is 4.10. The minimum absolute atomic E-state index is 0.216. The molecule has 1 saturated heterocycles. The van der Waals surface area contributed by atoms with Crippen molar-refractivity contribution in [3.8, 4) is 5.75 Å². The fourth-order valence-electron chi connectivity index (χ4n) is 3.49. The van der Waals surface area contributed by atoms with E-state index in [1.807, 2.05) is 36.4 Å². The summed E-state index contributed by atoms with van der Waals surface area (Å²) in [5.74, 6) is 1.72. The van der Waals surface area contributed by atoms with E-state index in [0.717, 1.165) is 32.1 Å². The van der Waals surface area contributed by atoms with Crippen molar-refractivity contribution >= 4 is 6.09 Å². The van der Waals surface area contributed by atoms with Gasteiger partial charge in [-0.25, -0.2) is 4.79 Å². The number of benzene rings is 2. The van der Waals surface area contributed by atoms with E-state index in [2.05, 4.69) is 22.3 Å². The first-order valence-electron chi connectivity index (χ1n) is 9.69. The second-order valence-corrected chi connectivity index (χ2v) is 6.92. The van der Waals surface area contributed by atoms with E-state index >= 15 is 0 Å². The zero-order valence-corrected chi connectivity index (χ0v) is 15.7. The van der Waals surface area contributed by atoms with E-state index in [-0.39, 0.29) is 12.1 Å². The predicted octanol–water partition coefficient (Wildman–Crippen LogP) is 4.58. The summed E-state index contributed by atoms with van der Waals surface area (Å²) in [5.41, 5.74) is 1.30. The van der Waals surface area contributed by atoms with Crippen molar-refractivity contribution in [2.75, 3.05) is 6.54 Å². The third-order valence-electron chi connectivity index (χ3n) is 4.91. The van der Waals surface area contributed by atoms with Crippen molar-refractivity contribution in [3.63, 3.8) is 0 Å². The molecule has 3 aromatic rings. The Balaban J connectivity index is 1.35. The molecule has 2 aromatic carbocycles. The molecule has 1 aromatic heterocycles. The second-order valence-electron chi connectivity index (χ2n) is 6.92. The van der Waals surface area contributed by atoms with Crippen molar-refractivity contribution in [2.24, 2.45) is 0 Å². The SMILES string of the molecule is O=C(Oc1ccccc1)N1CCCC1c1nc(CCCc2ccccc2)no1. The Bertz CT molecular complexity index is 896. The van der Waals surface area contributed by atoms with Crippen LogP contribution >= 0.6 is 0 Å². The predicted molar refractivity (Wildman–Crippen MR) is 104 cm³/mol. The summed E-state index contributed by atoms with van der Waals surface area (Å²) in [4.78, 5) is 18.8. The van der Waals surface area contributed by atoms with Crippen LogP contribution in [0.1, 0.15) is 42.6 Å². The minimum Gasteiger partial charge on any atom is -0.410 e. The van der Waals surface area contributed by atoms with Crippen molar-refractivity contribution in [1.29, 1.82) is 0 Å². The Labute approximate surface area is 164 Å². The first kappa shape index (κ1) is 18.2. The van der Waals surface area contributed by atoms with E-state index in [0.29, 0.717) is 24.0 Å². The molecule has 144 valence electrons. The molecule has 0 N–H and O–H groups in total. The number of amides is 1. The van der Waals surface area contributed by atoms with Gasteiger partial charge < -0.3 is 9.26 Å². The maximum absolute atomic E-state index is 12.5. The molecule has 28 heavy (non-hydrogen) atoms. The molecule has 1 unspecified atom stereocenters. The Hall–Kier alpha value is -3.15. The Morgan fingerprint density at radius 1 is 1.07 bits per heavy atom. The minimum atomic E-state index is -0.377. The molecule has 6 heteroatoms. The molecule has 1 aliphatic heterocycles. The number of carbonyl (C=O) groups is 1. The highest BCUT2D eigenvalue weighted by Crippen LogP contribution is 2.31. The molecule has 0 saturated carbocycles. The number of aryl methyl sites for hydroxylation is 2. The normalized spacial score (nSPS) is 16.3. The zero-order valence-electron chi connectivity index (χ0n) is 15.7. The molecule has 0 bridgehead atoms. The van der Waals surface area contributed by atoms with Gasteiger partial charge in [0.15, 0.2) is 5.82 Å². The van der Waals surface area contributed by atoms with Crippen LogP contribution in [0.25, 0.3) is 0 Å². The zero-order chi connectivity index (χ0) is 19.2. The van der Waals surface area contributed by atoms with Crippen LogP contribution in [0.2, 0.25) is 0 Å². The van der Waals surface area contributed by atoms with Crippen molar-refractivity contribution in [1.82, 2.24) is 15.0 Å². The fourth-order valence-corrected chi connectivity index (χ4v) is 3.49. The van der Waals surface area contributed by atoms with E-state index in [1.165, 1.54) is 5.56 Å². The van der Waals surface area contributed by atoms with Crippen LogP contribution in [0.3, 0.4) is 0 Å². The van der Waals surface area contributed by atoms with Crippen LogP contribution in [-0.4, -0.2) is 27.7 Å². The first-order chi connectivity index (χ1) is 13.8. The van der Waals surface area contributed by atoms with Gasteiger partial charge in [0, 0.05) is 13.0 Å². The van der Waals surface area contributed by atoms with E-state index in [9.17, 15) is 4.79 Å². The number of hydrogen-bond donors (Lipinski definition) is 0. The number of likely N-dealkylation sites (tertiary alicyclic amines) is 1. The van der Waals surface area contributed by atoms with E-state index in [1.54, 1.807) is 17.0 Å². The lowest BCUT2D eigenvalue weighted by Gasteiger charge is -2.20. The van der Waals surface area contributed by atoms with Gasteiger partial charge in [0.25, 0.3) is 0 Å². The summed E-state index contributed by atoms with van der Waals surface area (Å²) < 4.78 is 10.9. The summed E-state index contributed by atoms with van der Waals surface area (Å²) in [6.07, 6.45) is 3.99. The van der Waals surface area contributed by atoms with Gasteiger partial charge in [0.2, 0.25) is 5.89 Å². The molecule has 0 spiro atoms. The van der Waals surface area contributed by atoms with Crippen molar-refractivity contribution < 1.29 is 14.1 Å². The Morgan fingerprint density at radius 2 is 1.82 bits per heavy atom. The van der Waals surface area contributed by atoms with Crippen LogP contribution < -0.4 is 4.74 Å². The Morgan fingerprint density at radius 3 is 2.61 bits per heavy atom. The van der Waals surface area contributed by atoms with Crippen molar-refractivity contribution in [2.45, 2.75) is 38.1 Å². The monoisotopic (exact) mass is 377 g/mol. The van der Waals surface area contributed by atoms with Crippen LogP contribution in [0, 0.1) is 0 Å². The lowest BCUT2D eigenvalue weighted by Crippen LogP contribution is -2.33. The highest BCUT2D eigenvalue weighted by molar-refractivity contribution is 5.71. The standard InChI is InChI=1S/C22H23N3O3/c26-22(27-18-12-5-2-6-13-18)25-16-8-14-19(25)21-23-20(24-28-21)15-7-11-17-9-3-1-4-10-17/h1-6,9-10,12-13,19H,7-8,11,14-16H2. The maximum Gasteiger partial charge on any atom is 0.415 e. The molecular formula is C22H23N3O3. The van der Waals surface area contributed by atoms with Gasteiger partial charge in [-0.2, -0.15) is 4.98 Å². The lowest BCUT2D eigenvalue weighted by molar-refractivity contribution is 0.138. The molecule has 0 radical (unpaired) electrons. The average Bonchev–Trinajstić information content (AvgIpc) is 3.39. The summed E-state index contributed by atoms with van der Waals surface area (Å²) in [6.45, 7) is 0.627. The van der Waals surface area contributed by atoms with Gasteiger partial charge in [-0.05, 0) is 43.4 Å². The topological polar surface area (TPSA) is 68.5 Å². The summed E-state index contributed by atoms with van der Waals surface area (Å²) in [6, 6.07) is 19.2. The largest absolute Gasteiger partial charge is 0.415 e. The number of nitrogens with zero attached hydrogens (tertiary/aromatic N) is 3. The summed E-state index contributed by atoms with van der Waals surface area (Å²) in [7, 11) is 0. The van der Waals surface area contributed by atoms with Crippen LogP contribution in [-0.2, 0) is 12.8 Å². The molecular weight excluding hydrogens is 354 g/mol. The number of rotatable bonds is 6. The van der Waals surface area contributed by atoms with Gasteiger partial charge >= 0.3 is 6.09 Å². The molecule has 1 amide bonds. The fraction of sp³-hybridized carbons (Fsp3) is 0.318. The molecule has 1 atom stereocenters. The summed E-state index contributed by atoms with van der Waals surface area (Å²) >= 11 is 0. The van der Waals surface area contributed by atoms with E-state index < -0.39 is 0 Å². The number of carbonyl (C=O) groups excluding carboxylic acids is 1. The molecule has 6 nitrogen and oxygen atoms in total. The number of para-hydroxylation sites is 1. The van der Waals surface area contributed by atoms with Crippen LogP contribution in [0.4, 0.5) is 4.79 Å². The number of ether oxygens (including phenoxy) is 1. The van der Waals surface area contributed by atoms with Gasteiger partial charge in [-0.15, -0.1) is 0 Å². The van der Waals surface area contributed by atoms with E-state index in [4.69, 9.17) is 9.26 Å². The Kier molecular flexibility index (Phi) is 5.66. The van der Waals surface area contributed by atoms with Gasteiger partial charge in [-0.1, -0.05) is 53.7 Å². The quantitative estimate of drug-likeness (QED) is 0.629. The molecule has 4 rings (SSSR count). The number of hydrogen-bond acceptors (Lipinski definition) is 5. The van der Waals surface area contributed by atoms with Crippen LogP contribution in [0.5, 0.6) is 5.75 Å². The first-order valence-corrected chi connectivity index (χ1v) is 9.69. The molecule has 1 fully saturated rings. The highest BCUT2D eigenvalue weighted by Gasteiger charge is 2.35. The van der Waals surface area contributed by atoms with Crippen molar-refractivity contribution in [3.05, 3.63) is 77.9 Å². The van der Waals surface area contributed by atoms with Gasteiger partial charge in [0.05, 0.1) is 0 Å². The van der Waals surface area contributed by atoms with Gasteiger partial charge in [0.1, 0.15) is 11.8 Å². The second kappa shape index (κ2) is 8.69. The van der Waals surface area contributed by atoms with Crippen LogP contribution in [0.15, 0.2) is 65.2 Å². The highest BCUT2D eigenvalue weighted by atomic mass is 16.6. The smallest absolute Gasteiger partial charge is 0.410 e. The lowest BCUT2D eigenvalue weighted by atomic mass is 10.1. The average molecular weight is 377 g/mol. The third kappa shape index (κ3) is 4.39. The van der Waals surface area contributed by atoms with Gasteiger partial charge in [-0.3, -0.25) is 4.90 Å². The number of aromatic nitrogens is 2. The maximum atomic E-state index is 12.5. The third-order valence-corrected chi connectivity index (χ3v) is 4.91. The molecule has 1 aliphatic rings.